The highest BCUT2D eigenvalue weighted by atomic mass is 16.1. The third-order valence-electron chi connectivity index (χ3n) is 3.69. The van der Waals surface area contributed by atoms with E-state index in [1.807, 2.05) is 48.4 Å². The molecule has 0 unspecified atom stereocenters. The highest BCUT2D eigenvalue weighted by molar-refractivity contribution is 5.80. The average Bonchev–Trinajstić information content (AvgIpc) is 2.99. The molecule has 0 amide bonds. The van der Waals surface area contributed by atoms with Crippen molar-refractivity contribution in [1.82, 2.24) is 14.3 Å². The average molecular weight is 309 g/mol. The second-order valence-electron chi connectivity index (χ2n) is 5.82. The molecule has 4 heteroatoms. The van der Waals surface area contributed by atoms with Crippen LogP contribution in [0.2, 0.25) is 0 Å². The first-order chi connectivity index (χ1) is 10.9. The summed E-state index contributed by atoms with van der Waals surface area (Å²) in [4.78, 5) is 12.1. The Bertz CT molecular complexity index is 819. The summed E-state index contributed by atoms with van der Waals surface area (Å²) in [6.45, 7) is 9.83. The zero-order chi connectivity index (χ0) is 17.0. The van der Waals surface area contributed by atoms with Crippen LogP contribution in [-0.4, -0.2) is 14.3 Å². The zero-order valence-corrected chi connectivity index (χ0v) is 14.2. The van der Waals surface area contributed by atoms with E-state index in [0.717, 1.165) is 22.3 Å². The summed E-state index contributed by atoms with van der Waals surface area (Å²) in [5, 5.41) is 4.40. The maximum Gasteiger partial charge on any atom is 0.250 e. The molecule has 4 nitrogen and oxygen atoms in total. The molecule has 2 heterocycles. The van der Waals surface area contributed by atoms with Gasteiger partial charge in [-0.05, 0) is 31.9 Å². The Morgan fingerprint density at radius 2 is 2.04 bits per heavy atom. The van der Waals surface area contributed by atoms with Crippen LogP contribution in [0.1, 0.15) is 32.4 Å². The van der Waals surface area contributed by atoms with Crippen molar-refractivity contribution in [2.24, 2.45) is 7.05 Å². The number of aromatic nitrogens is 3. The van der Waals surface area contributed by atoms with Crippen LogP contribution in [0, 0.1) is 0 Å². The van der Waals surface area contributed by atoms with Gasteiger partial charge in [0.25, 0.3) is 5.56 Å². The van der Waals surface area contributed by atoms with Crippen LogP contribution in [-0.2, 0) is 7.05 Å². The molecule has 0 saturated carbocycles. The highest BCUT2D eigenvalue weighted by Gasteiger charge is 2.12. The summed E-state index contributed by atoms with van der Waals surface area (Å²) in [7, 11) is 1.76. The minimum absolute atomic E-state index is 0.0274. The van der Waals surface area contributed by atoms with Gasteiger partial charge in [0.2, 0.25) is 0 Å². The van der Waals surface area contributed by atoms with Gasteiger partial charge in [0, 0.05) is 42.7 Å². The van der Waals surface area contributed by atoms with Crippen LogP contribution in [0.15, 0.2) is 60.3 Å². The van der Waals surface area contributed by atoms with E-state index in [1.54, 1.807) is 23.8 Å². The normalized spacial score (nSPS) is 12.3. The van der Waals surface area contributed by atoms with E-state index in [9.17, 15) is 4.79 Å². The van der Waals surface area contributed by atoms with Crippen LogP contribution >= 0.6 is 0 Å². The summed E-state index contributed by atoms with van der Waals surface area (Å²) >= 11 is 0. The topological polar surface area (TPSA) is 39.8 Å². The van der Waals surface area contributed by atoms with Crippen molar-refractivity contribution in [3.05, 3.63) is 71.5 Å². The minimum Gasteiger partial charge on any atom is -0.318 e. The molecule has 0 spiro atoms. The maximum atomic E-state index is 12.1. The highest BCUT2D eigenvalue weighted by Crippen LogP contribution is 2.28. The molecule has 0 saturated heterocycles. The van der Waals surface area contributed by atoms with Gasteiger partial charge in [0.15, 0.2) is 0 Å². The van der Waals surface area contributed by atoms with Gasteiger partial charge in [0.05, 0.1) is 6.20 Å². The lowest BCUT2D eigenvalue weighted by Crippen LogP contribution is -2.16. The van der Waals surface area contributed by atoms with Crippen LogP contribution in [0.4, 0.5) is 0 Å². The molecule has 2 aromatic heterocycles. The van der Waals surface area contributed by atoms with E-state index in [-0.39, 0.29) is 5.56 Å². The summed E-state index contributed by atoms with van der Waals surface area (Å²) in [5.41, 5.74) is 3.92. The Kier molecular flexibility index (Phi) is 5.16. The first-order valence-electron chi connectivity index (χ1n) is 7.65. The monoisotopic (exact) mass is 309 g/mol. The van der Waals surface area contributed by atoms with Crippen LogP contribution in [0.5, 0.6) is 0 Å². The van der Waals surface area contributed by atoms with Gasteiger partial charge in [-0.1, -0.05) is 30.9 Å². The minimum atomic E-state index is -0.0274. The Hall–Kier alpha value is -2.62. The number of aryl methyl sites for hydroxylation is 1. The van der Waals surface area contributed by atoms with Gasteiger partial charge in [-0.2, -0.15) is 5.10 Å². The van der Waals surface area contributed by atoms with Crippen molar-refractivity contribution < 1.29 is 0 Å². The lowest BCUT2D eigenvalue weighted by Gasteiger charge is -2.10. The zero-order valence-electron chi connectivity index (χ0n) is 14.2. The summed E-state index contributed by atoms with van der Waals surface area (Å²) < 4.78 is 3.51. The SMILES string of the molecule is C=C/C=C\C=C(/C)c1cc(=O)n(C)cc1-c1cnn(C(C)C)c1. The van der Waals surface area contributed by atoms with Crippen molar-refractivity contribution in [3.8, 4) is 11.1 Å². The Balaban J connectivity index is 2.59. The molecule has 0 fully saturated rings. The quantitative estimate of drug-likeness (QED) is 0.784. The first-order valence-corrected chi connectivity index (χ1v) is 7.65. The number of allylic oxidation sites excluding steroid dienone is 5. The second-order valence-corrected chi connectivity index (χ2v) is 5.82. The van der Waals surface area contributed by atoms with Crippen LogP contribution in [0.3, 0.4) is 0 Å². The van der Waals surface area contributed by atoms with E-state index < -0.39 is 0 Å². The predicted molar refractivity (Wildman–Crippen MR) is 96.3 cm³/mol. The van der Waals surface area contributed by atoms with E-state index in [4.69, 9.17) is 0 Å². The lowest BCUT2D eigenvalue weighted by atomic mass is 9.99. The van der Waals surface area contributed by atoms with Gasteiger partial charge in [-0.25, -0.2) is 0 Å². The van der Waals surface area contributed by atoms with E-state index in [1.165, 1.54) is 0 Å². The summed E-state index contributed by atoms with van der Waals surface area (Å²) in [5.74, 6) is 0. The predicted octanol–water partition coefficient (Wildman–Crippen LogP) is 3.98. The molecule has 0 aliphatic heterocycles. The molecule has 0 radical (unpaired) electrons. The largest absolute Gasteiger partial charge is 0.318 e. The molecule has 0 aliphatic carbocycles. The molecule has 120 valence electrons. The van der Waals surface area contributed by atoms with Crippen molar-refractivity contribution in [2.45, 2.75) is 26.8 Å². The standard InChI is InChI=1S/C19H23N3O/c1-6-7-8-9-15(4)17-10-19(23)21(5)13-18(17)16-11-20-22(12-16)14(2)3/h6-14H,1H2,2-5H3/b8-7-,15-9+. The Labute approximate surface area is 137 Å². The van der Waals surface area contributed by atoms with Gasteiger partial charge < -0.3 is 4.57 Å². The van der Waals surface area contributed by atoms with Gasteiger partial charge in [0.1, 0.15) is 0 Å². The molecule has 0 aliphatic rings. The van der Waals surface area contributed by atoms with Crippen molar-refractivity contribution in [1.29, 1.82) is 0 Å². The lowest BCUT2D eigenvalue weighted by molar-refractivity contribution is 0.532. The first kappa shape index (κ1) is 16.7. The Morgan fingerprint density at radius 1 is 1.30 bits per heavy atom. The van der Waals surface area contributed by atoms with Crippen LogP contribution in [0.25, 0.3) is 16.7 Å². The maximum absolute atomic E-state index is 12.1. The fourth-order valence-electron chi connectivity index (χ4n) is 2.31. The van der Waals surface area contributed by atoms with E-state index in [0.29, 0.717) is 6.04 Å². The number of hydrogen-bond acceptors (Lipinski definition) is 2. The molecule has 23 heavy (non-hydrogen) atoms. The number of nitrogens with zero attached hydrogens (tertiary/aromatic N) is 3. The third-order valence-corrected chi connectivity index (χ3v) is 3.69. The number of pyridine rings is 1. The number of rotatable bonds is 5. The van der Waals surface area contributed by atoms with E-state index >= 15 is 0 Å². The van der Waals surface area contributed by atoms with Gasteiger partial charge in [-0.3, -0.25) is 9.48 Å². The third kappa shape index (κ3) is 3.77. The van der Waals surface area contributed by atoms with Crippen molar-refractivity contribution >= 4 is 5.57 Å². The molecule has 0 bridgehead atoms. The molecular weight excluding hydrogens is 286 g/mol. The van der Waals surface area contributed by atoms with Gasteiger partial charge in [-0.15, -0.1) is 0 Å². The van der Waals surface area contributed by atoms with Crippen molar-refractivity contribution in [2.75, 3.05) is 0 Å². The summed E-state index contributed by atoms with van der Waals surface area (Å²) in [6, 6.07) is 1.97. The molecule has 2 rings (SSSR count). The fourth-order valence-corrected chi connectivity index (χ4v) is 2.31. The Morgan fingerprint density at radius 3 is 2.65 bits per heavy atom. The molecular formula is C19H23N3O. The van der Waals surface area contributed by atoms with Crippen LogP contribution < -0.4 is 5.56 Å². The smallest absolute Gasteiger partial charge is 0.250 e. The molecule has 0 aromatic carbocycles. The van der Waals surface area contributed by atoms with Gasteiger partial charge >= 0.3 is 0 Å². The second kappa shape index (κ2) is 7.09. The van der Waals surface area contributed by atoms with Crippen molar-refractivity contribution in [3.63, 3.8) is 0 Å². The molecule has 2 aromatic rings. The summed E-state index contributed by atoms with van der Waals surface area (Å²) in [6.07, 6.45) is 13.2. The molecule has 0 atom stereocenters. The molecule has 0 N–H and O–H groups in total. The number of hydrogen-bond donors (Lipinski definition) is 0. The van der Waals surface area contributed by atoms with E-state index in [2.05, 4.69) is 25.5 Å². The fraction of sp³-hybridized carbons (Fsp3) is 0.263.